The number of nitrogens with zero attached hydrogens (tertiary/aromatic N) is 2. The zero-order valence-corrected chi connectivity index (χ0v) is 28.7. The Balaban J connectivity index is 1.08. The van der Waals surface area contributed by atoms with Crippen LogP contribution in [-0.2, 0) is 0 Å². The molecule has 4 nitrogen and oxygen atoms in total. The number of hydrogen-bond donors (Lipinski definition) is 0. The third kappa shape index (κ3) is 5.54. The van der Waals surface area contributed by atoms with Crippen molar-refractivity contribution in [3.8, 4) is 44.8 Å². The first-order chi connectivity index (χ1) is 26.3. The summed E-state index contributed by atoms with van der Waals surface area (Å²) in [6.07, 6.45) is 0. The molecule has 0 atom stereocenters. The number of fused-ring (bicyclic) bond motifs is 4. The fourth-order valence-electron chi connectivity index (χ4n) is 7.37. The van der Waals surface area contributed by atoms with Gasteiger partial charge in [-0.05, 0) is 82.4 Å². The van der Waals surface area contributed by atoms with Crippen LogP contribution in [0.5, 0.6) is 0 Å². The maximum Gasteiger partial charge on any atom is 0.227 e. The van der Waals surface area contributed by atoms with Crippen molar-refractivity contribution < 1.29 is 8.83 Å². The number of oxazole rings is 1. The van der Waals surface area contributed by atoms with Crippen molar-refractivity contribution in [2.75, 3.05) is 4.90 Å². The van der Waals surface area contributed by atoms with E-state index in [0.29, 0.717) is 11.5 Å². The fourth-order valence-corrected chi connectivity index (χ4v) is 7.37. The molecular formula is C49H32N2O2. The quantitative estimate of drug-likeness (QED) is 0.168. The molecule has 8 aromatic carbocycles. The Kier molecular flexibility index (Phi) is 7.43. The largest absolute Gasteiger partial charge is 0.456 e. The highest BCUT2D eigenvalue weighted by atomic mass is 16.4. The number of furan rings is 1. The van der Waals surface area contributed by atoms with Gasteiger partial charge in [-0.1, -0.05) is 133 Å². The molecule has 0 saturated carbocycles. The molecular weight excluding hydrogens is 649 g/mol. The molecule has 0 bridgehead atoms. The van der Waals surface area contributed by atoms with Crippen LogP contribution in [0.25, 0.3) is 77.9 Å². The van der Waals surface area contributed by atoms with E-state index in [2.05, 4.69) is 157 Å². The van der Waals surface area contributed by atoms with Crippen LogP contribution in [0.15, 0.2) is 203 Å². The van der Waals surface area contributed by atoms with E-state index in [4.69, 9.17) is 13.8 Å². The summed E-state index contributed by atoms with van der Waals surface area (Å²) in [6.45, 7) is 0. The Morgan fingerprint density at radius 2 is 0.925 bits per heavy atom. The molecule has 0 aliphatic heterocycles. The van der Waals surface area contributed by atoms with E-state index in [1.807, 2.05) is 42.5 Å². The second kappa shape index (κ2) is 12.9. The molecule has 2 aromatic heterocycles. The van der Waals surface area contributed by atoms with E-state index in [0.717, 1.165) is 66.8 Å². The van der Waals surface area contributed by atoms with Crippen molar-refractivity contribution in [1.29, 1.82) is 0 Å². The normalized spacial score (nSPS) is 11.4. The molecule has 0 fully saturated rings. The van der Waals surface area contributed by atoms with E-state index >= 15 is 0 Å². The summed E-state index contributed by atoms with van der Waals surface area (Å²) in [5, 5.41) is 2.07. The average molecular weight is 681 g/mol. The van der Waals surface area contributed by atoms with Gasteiger partial charge in [0.25, 0.3) is 0 Å². The SMILES string of the molecule is c1ccc(-c2ccc(N(c3ccc(-c4cccc5oc6cc7oc(-c8ccccc8)nc7cc6c45)cc3)c3ccccc3-c3ccccc3)cc2)cc1. The number of benzene rings is 8. The topological polar surface area (TPSA) is 42.4 Å². The highest BCUT2D eigenvalue weighted by molar-refractivity contribution is 6.15. The van der Waals surface area contributed by atoms with Crippen LogP contribution in [0.1, 0.15) is 0 Å². The third-order valence-electron chi connectivity index (χ3n) is 9.92. The molecule has 0 aliphatic carbocycles. The van der Waals surface area contributed by atoms with Crippen LogP contribution >= 0.6 is 0 Å². The van der Waals surface area contributed by atoms with E-state index < -0.39 is 0 Å². The minimum Gasteiger partial charge on any atom is -0.456 e. The van der Waals surface area contributed by atoms with Gasteiger partial charge in [-0.25, -0.2) is 4.98 Å². The van der Waals surface area contributed by atoms with Crippen molar-refractivity contribution in [3.63, 3.8) is 0 Å². The Morgan fingerprint density at radius 3 is 1.62 bits per heavy atom. The number of rotatable bonds is 7. The van der Waals surface area contributed by atoms with Crippen molar-refractivity contribution in [3.05, 3.63) is 194 Å². The second-order valence-electron chi connectivity index (χ2n) is 13.2. The van der Waals surface area contributed by atoms with Gasteiger partial charge in [-0.2, -0.15) is 0 Å². The second-order valence-corrected chi connectivity index (χ2v) is 13.2. The molecule has 0 aliphatic rings. The standard InChI is InChI=1S/C49H32N2O2/c1-4-13-33(14-5-1)34-23-27-38(28-24-34)51(44-21-11-10-19-40(44)35-15-6-2-7-16-35)39-29-25-36(26-30-39)41-20-12-22-45-48(41)42-31-43-47(32-46(42)52-45)53-49(50-43)37-17-8-3-9-18-37/h1-32H. The molecule has 0 amide bonds. The number of aromatic nitrogens is 1. The van der Waals surface area contributed by atoms with Crippen molar-refractivity contribution >= 4 is 50.1 Å². The Hall–Kier alpha value is -7.17. The molecule has 0 radical (unpaired) electrons. The van der Waals surface area contributed by atoms with Crippen LogP contribution in [0.4, 0.5) is 17.1 Å². The number of hydrogen-bond acceptors (Lipinski definition) is 4. The van der Waals surface area contributed by atoms with E-state index in [9.17, 15) is 0 Å². The summed E-state index contributed by atoms with van der Waals surface area (Å²) < 4.78 is 12.6. The molecule has 10 aromatic rings. The van der Waals surface area contributed by atoms with Crippen LogP contribution < -0.4 is 4.90 Å². The first-order valence-corrected chi connectivity index (χ1v) is 17.8. The minimum absolute atomic E-state index is 0.599. The predicted molar refractivity (Wildman–Crippen MR) is 218 cm³/mol. The molecule has 0 saturated heterocycles. The highest BCUT2D eigenvalue weighted by Crippen LogP contribution is 2.43. The van der Waals surface area contributed by atoms with Crippen molar-refractivity contribution in [2.45, 2.75) is 0 Å². The van der Waals surface area contributed by atoms with Gasteiger partial charge in [-0.15, -0.1) is 0 Å². The zero-order chi connectivity index (χ0) is 35.1. The molecule has 0 spiro atoms. The zero-order valence-electron chi connectivity index (χ0n) is 28.7. The molecule has 10 rings (SSSR count). The van der Waals surface area contributed by atoms with E-state index in [-0.39, 0.29) is 0 Å². The lowest BCUT2D eigenvalue weighted by molar-refractivity contribution is 0.617. The van der Waals surface area contributed by atoms with E-state index in [1.165, 1.54) is 16.7 Å². The average Bonchev–Trinajstić information content (AvgIpc) is 3.82. The lowest BCUT2D eigenvalue weighted by Gasteiger charge is -2.28. The van der Waals surface area contributed by atoms with Gasteiger partial charge in [-0.3, -0.25) is 0 Å². The van der Waals surface area contributed by atoms with Gasteiger partial charge in [0.1, 0.15) is 16.7 Å². The first kappa shape index (κ1) is 30.6. The smallest absolute Gasteiger partial charge is 0.227 e. The summed E-state index contributed by atoms with van der Waals surface area (Å²) in [7, 11) is 0. The van der Waals surface area contributed by atoms with Crippen LogP contribution in [0.2, 0.25) is 0 Å². The highest BCUT2D eigenvalue weighted by Gasteiger charge is 2.19. The summed E-state index contributed by atoms with van der Waals surface area (Å²) >= 11 is 0. The van der Waals surface area contributed by atoms with Gasteiger partial charge >= 0.3 is 0 Å². The maximum absolute atomic E-state index is 6.42. The number of anilines is 3. The van der Waals surface area contributed by atoms with Gasteiger partial charge in [0.2, 0.25) is 5.89 Å². The van der Waals surface area contributed by atoms with Gasteiger partial charge in [0.15, 0.2) is 5.58 Å². The Morgan fingerprint density at radius 1 is 0.377 bits per heavy atom. The molecule has 53 heavy (non-hydrogen) atoms. The lowest BCUT2D eigenvalue weighted by atomic mass is 9.98. The van der Waals surface area contributed by atoms with Crippen LogP contribution in [0, 0.1) is 0 Å². The Bertz CT molecular complexity index is 2860. The fraction of sp³-hybridized carbons (Fsp3) is 0. The van der Waals surface area contributed by atoms with Gasteiger partial charge < -0.3 is 13.7 Å². The van der Waals surface area contributed by atoms with Crippen LogP contribution in [-0.4, -0.2) is 4.98 Å². The summed E-state index contributed by atoms with van der Waals surface area (Å²) in [4.78, 5) is 7.20. The summed E-state index contributed by atoms with van der Waals surface area (Å²) in [5.41, 5.74) is 14.2. The maximum atomic E-state index is 6.42. The molecule has 250 valence electrons. The Labute approximate surface area is 306 Å². The van der Waals surface area contributed by atoms with E-state index in [1.54, 1.807) is 0 Å². The van der Waals surface area contributed by atoms with Gasteiger partial charge in [0.05, 0.1) is 5.69 Å². The molecule has 0 N–H and O–H groups in total. The van der Waals surface area contributed by atoms with Crippen molar-refractivity contribution in [1.82, 2.24) is 4.98 Å². The predicted octanol–water partition coefficient (Wildman–Crippen LogP) is 13.9. The van der Waals surface area contributed by atoms with Gasteiger partial charge in [0, 0.05) is 39.3 Å². The molecule has 4 heteroatoms. The first-order valence-electron chi connectivity index (χ1n) is 17.8. The summed E-state index contributed by atoms with van der Waals surface area (Å²) in [6, 6.07) is 67.7. The molecule has 2 heterocycles. The van der Waals surface area contributed by atoms with Crippen molar-refractivity contribution in [2.24, 2.45) is 0 Å². The lowest BCUT2D eigenvalue weighted by Crippen LogP contribution is -2.11. The third-order valence-corrected chi connectivity index (χ3v) is 9.92. The minimum atomic E-state index is 0.599. The van der Waals surface area contributed by atoms with Crippen LogP contribution in [0.3, 0.4) is 0 Å². The summed E-state index contributed by atoms with van der Waals surface area (Å²) in [5.74, 6) is 0.599. The molecule has 0 unspecified atom stereocenters. The monoisotopic (exact) mass is 680 g/mol. The number of para-hydroxylation sites is 1.